The number of hydrogen-bond acceptors (Lipinski definition) is 3. The molecule has 0 saturated carbocycles. The van der Waals surface area contributed by atoms with E-state index in [-0.39, 0.29) is 18.1 Å². The molecule has 0 aliphatic carbocycles. The summed E-state index contributed by atoms with van der Waals surface area (Å²) in [6.45, 7) is 0.0442. The number of carbonyl (C=O) groups excluding carboxylic acids is 1. The van der Waals surface area contributed by atoms with Gasteiger partial charge in [-0.15, -0.1) is 0 Å². The first-order chi connectivity index (χ1) is 8.62. The van der Waals surface area contributed by atoms with Crippen LogP contribution in [-0.4, -0.2) is 38.5 Å². The van der Waals surface area contributed by atoms with Crippen LogP contribution >= 0.6 is 0 Å². The Bertz CT molecular complexity index is 472. The fourth-order valence-corrected chi connectivity index (χ4v) is 1.51. The highest BCUT2D eigenvalue weighted by Gasteiger charge is 2.31. The van der Waals surface area contributed by atoms with Gasteiger partial charge in [0.1, 0.15) is 0 Å². The van der Waals surface area contributed by atoms with E-state index in [2.05, 4.69) is 0 Å². The van der Waals surface area contributed by atoms with E-state index in [4.69, 9.17) is 5.73 Å². The molecule has 1 amide bonds. The average molecular weight is 275 g/mol. The zero-order valence-corrected chi connectivity index (χ0v) is 11.0. The molecule has 0 saturated heterocycles. The second kappa shape index (κ2) is 5.38. The molecule has 7 heteroatoms. The monoisotopic (exact) mass is 275 g/mol. The highest BCUT2D eigenvalue weighted by atomic mass is 19.4. The van der Waals surface area contributed by atoms with Crippen LogP contribution in [-0.2, 0) is 11.0 Å². The molecule has 0 radical (unpaired) electrons. The normalized spacial score (nSPS) is 11.3. The Labute approximate surface area is 109 Å². The minimum Gasteiger partial charge on any atom is -0.397 e. The van der Waals surface area contributed by atoms with E-state index >= 15 is 0 Å². The fourth-order valence-electron chi connectivity index (χ4n) is 1.51. The van der Waals surface area contributed by atoms with Crippen LogP contribution in [0.25, 0.3) is 0 Å². The number of alkyl halides is 3. The molecule has 0 fully saturated rings. The summed E-state index contributed by atoms with van der Waals surface area (Å²) in [5.41, 5.74) is 5.18. The number of hydrogen-bond donors (Lipinski definition) is 1. The standard InChI is InChI=1S/C12H16F3N3O/c1-17(2)11(19)7-18(3)10-5-4-8(6-9(10)16)12(13,14)15/h4-6H,7,16H2,1-3H3. The number of rotatable bonds is 3. The molecule has 0 aliphatic heterocycles. The van der Waals surface area contributed by atoms with Gasteiger partial charge in [0.25, 0.3) is 0 Å². The maximum absolute atomic E-state index is 12.5. The lowest BCUT2D eigenvalue weighted by atomic mass is 10.1. The molecule has 106 valence electrons. The van der Waals surface area contributed by atoms with Crippen molar-refractivity contribution in [3.05, 3.63) is 23.8 Å². The van der Waals surface area contributed by atoms with Gasteiger partial charge in [0.05, 0.1) is 23.5 Å². The lowest BCUT2D eigenvalue weighted by molar-refractivity contribution is -0.137. The van der Waals surface area contributed by atoms with Gasteiger partial charge in [-0.05, 0) is 18.2 Å². The summed E-state index contributed by atoms with van der Waals surface area (Å²) in [6.07, 6.45) is -4.43. The largest absolute Gasteiger partial charge is 0.416 e. The van der Waals surface area contributed by atoms with Crippen LogP contribution in [0.2, 0.25) is 0 Å². The number of nitrogen functional groups attached to an aromatic ring is 1. The average Bonchev–Trinajstić information content (AvgIpc) is 2.27. The molecule has 1 rings (SSSR count). The lowest BCUT2D eigenvalue weighted by Gasteiger charge is -2.23. The second-order valence-electron chi connectivity index (χ2n) is 4.42. The summed E-state index contributed by atoms with van der Waals surface area (Å²) in [7, 11) is 4.80. The minimum atomic E-state index is -4.43. The molecule has 0 aliphatic rings. The number of benzene rings is 1. The first-order valence-electron chi connectivity index (χ1n) is 5.51. The van der Waals surface area contributed by atoms with Crippen LogP contribution in [0.15, 0.2) is 18.2 Å². The van der Waals surface area contributed by atoms with Crippen LogP contribution in [0, 0.1) is 0 Å². The van der Waals surface area contributed by atoms with Crippen molar-refractivity contribution >= 4 is 17.3 Å². The third kappa shape index (κ3) is 3.77. The van der Waals surface area contributed by atoms with Crippen LogP contribution in [0.5, 0.6) is 0 Å². The highest BCUT2D eigenvalue weighted by Crippen LogP contribution is 2.33. The highest BCUT2D eigenvalue weighted by molar-refractivity contribution is 5.82. The number of likely N-dealkylation sites (N-methyl/N-ethyl adjacent to an activating group) is 2. The molecule has 4 nitrogen and oxygen atoms in total. The summed E-state index contributed by atoms with van der Waals surface area (Å²) in [5, 5.41) is 0. The molecule has 1 aromatic carbocycles. The summed E-state index contributed by atoms with van der Waals surface area (Å²) in [5.74, 6) is -0.165. The Morgan fingerprint density at radius 1 is 1.26 bits per heavy atom. The molecule has 0 atom stereocenters. The molecule has 0 spiro atoms. The van der Waals surface area contributed by atoms with Crippen molar-refractivity contribution in [1.29, 1.82) is 0 Å². The molecule has 2 N–H and O–H groups in total. The molecule has 1 aromatic rings. The van der Waals surface area contributed by atoms with Crippen molar-refractivity contribution in [2.24, 2.45) is 0 Å². The Kier molecular flexibility index (Phi) is 4.28. The van der Waals surface area contributed by atoms with Gasteiger partial charge < -0.3 is 15.5 Å². The maximum Gasteiger partial charge on any atom is 0.416 e. The Hall–Kier alpha value is -1.92. The Morgan fingerprint density at radius 2 is 1.84 bits per heavy atom. The van der Waals surface area contributed by atoms with Crippen molar-refractivity contribution in [1.82, 2.24) is 4.90 Å². The van der Waals surface area contributed by atoms with E-state index in [1.807, 2.05) is 0 Å². The predicted octanol–water partition coefficient (Wildman–Crippen LogP) is 1.81. The zero-order valence-electron chi connectivity index (χ0n) is 11.0. The number of carbonyl (C=O) groups is 1. The van der Waals surface area contributed by atoms with E-state index in [1.54, 1.807) is 21.1 Å². The van der Waals surface area contributed by atoms with E-state index in [9.17, 15) is 18.0 Å². The summed E-state index contributed by atoms with van der Waals surface area (Å²) in [6, 6.07) is 3.08. The first kappa shape index (κ1) is 15.1. The van der Waals surface area contributed by atoms with Gasteiger partial charge in [-0.1, -0.05) is 0 Å². The molecular weight excluding hydrogens is 259 g/mol. The minimum absolute atomic E-state index is 0.0103. The number of anilines is 2. The van der Waals surface area contributed by atoms with Crippen molar-refractivity contribution in [3.8, 4) is 0 Å². The third-order valence-electron chi connectivity index (χ3n) is 2.64. The lowest BCUT2D eigenvalue weighted by Crippen LogP contribution is -2.34. The SMILES string of the molecule is CN(C)C(=O)CN(C)c1ccc(C(F)(F)F)cc1N. The molecule has 0 heterocycles. The van der Waals surface area contributed by atoms with Gasteiger partial charge in [-0.25, -0.2) is 0 Å². The van der Waals surface area contributed by atoms with Gasteiger partial charge >= 0.3 is 6.18 Å². The van der Waals surface area contributed by atoms with E-state index < -0.39 is 11.7 Å². The Morgan fingerprint density at radius 3 is 2.26 bits per heavy atom. The van der Waals surface area contributed by atoms with Gasteiger partial charge in [0.2, 0.25) is 5.91 Å². The molecule has 0 aromatic heterocycles. The van der Waals surface area contributed by atoms with Crippen molar-refractivity contribution in [2.75, 3.05) is 38.3 Å². The van der Waals surface area contributed by atoms with Crippen molar-refractivity contribution < 1.29 is 18.0 Å². The Balaban J connectivity index is 2.94. The second-order valence-corrected chi connectivity index (χ2v) is 4.42. The quantitative estimate of drug-likeness (QED) is 0.856. The summed E-state index contributed by atoms with van der Waals surface area (Å²) in [4.78, 5) is 14.4. The summed E-state index contributed by atoms with van der Waals surface area (Å²) >= 11 is 0. The number of amides is 1. The first-order valence-corrected chi connectivity index (χ1v) is 5.51. The smallest absolute Gasteiger partial charge is 0.397 e. The van der Waals surface area contributed by atoms with Gasteiger partial charge in [0.15, 0.2) is 0 Å². The topological polar surface area (TPSA) is 49.6 Å². The van der Waals surface area contributed by atoms with E-state index in [0.29, 0.717) is 5.69 Å². The molecule has 19 heavy (non-hydrogen) atoms. The van der Waals surface area contributed by atoms with Crippen LogP contribution < -0.4 is 10.6 Å². The zero-order chi connectivity index (χ0) is 14.8. The number of nitrogens with zero attached hydrogens (tertiary/aromatic N) is 2. The van der Waals surface area contributed by atoms with Gasteiger partial charge in [-0.2, -0.15) is 13.2 Å². The molecular formula is C12H16F3N3O. The van der Waals surface area contributed by atoms with Crippen LogP contribution in [0.4, 0.5) is 24.5 Å². The van der Waals surface area contributed by atoms with Gasteiger partial charge in [-0.3, -0.25) is 4.79 Å². The fraction of sp³-hybridized carbons (Fsp3) is 0.417. The van der Waals surface area contributed by atoms with Crippen LogP contribution in [0.3, 0.4) is 0 Å². The summed E-state index contributed by atoms with van der Waals surface area (Å²) < 4.78 is 37.5. The van der Waals surface area contributed by atoms with Gasteiger partial charge in [0, 0.05) is 21.1 Å². The van der Waals surface area contributed by atoms with Crippen LogP contribution in [0.1, 0.15) is 5.56 Å². The van der Waals surface area contributed by atoms with Crippen molar-refractivity contribution in [3.63, 3.8) is 0 Å². The third-order valence-corrected chi connectivity index (χ3v) is 2.64. The van der Waals surface area contributed by atoms with E-state index in [0.717, 1.165) is 12.1 Å². The van der Waals surface area contributed by atoms with E-state index in [1.165, 1.54) is 15.9 Å². The number of nitrogens with two attached hydrogens (primary N) is 1. The predicted molar refractivity (Wildman–Crippen MR) is 67.8 cm³/mol. The maximum atomic E-state index is 12.5. The van der Waals surface area contributed by atoms with Crippen molar-refractivity contribution in [2.45, 2.75) is 6.18 Å². The molecule has 0 unspecified atom stereocenters. The number of halogens is 3. The molecule has 0 bridgehead atoms.